The molecule has 3 heteroatoms. The second-order valence-corrected chi connectivity index (χ2v) is 8.86. The molecule has 5 aromatic rings. The molecule has 1 atom stereocenters. The predicted molar refractivity (Wildman–Crippen MR) is 129 cm³/mol. The zero-order valence-corrected chi connectivity index (χ0v) is 18.2. The van der Waals surface area contributed by atoms with Crippen LogP contribution in [0.3, 0.4) is 0 Å². The summed E-state index contributed by atoms with van der Waals surface area (Å²) in [6, 6.07) is 25.0. The van der Waals surface area contributed by atoms with E-state index in [0.717, 1.165) is 0 Å². The molecule has 154 valence electrons. The van der Waals surface area contributed by atoms with E-state index in [1.807, 2.05) is 17.9 Å². The molecule has 0 amide bonds. The Morgan fingerprint density at radius 3 is 2.48 bits per heavy atom. The van der Waals surface area contributed by atoms with Crippen LogP contribution in [-0.4, -0.2) is 14.3 Å². The summed E-state index contributed by atoms with van der Waals surface area (Å²) in [6.07, 6.45) is 6.87. The van der Waals surface area contributed by atoms with Crippen LogP contribution in [0.5, 0.6) is 0 Å². The molecule has 0 spiro atoms. The maximum absolute atomic E-state index is 4.40. The molecule has 2 heterocycles. The highest BCUT2D eigenvalue weighted by molar-refractivity contribution is 5.92. The van der Waals surface area contributed by atoms with E-state index < -0.39 is 0 Å². The van der Waals surface area contributed by atoms with E-state index in [0.29, 0.717) is 6.04 Å². The normalized spacial score (nSPS) is 14.8. The molecule has 31 heavy (non-hydrogen) atoms. The molecule has 0 fully saturated rings. The maximum atomic E-state index is 4.40. The topological polar surface area (TPSA) is 22.8 Å². The average molecular weight is 406 g/mol. The summed E-state index contributed by atoms with van der Waals surface area (Å²) < 4.78 is 4.56. The first-order valence-electron chi connectivity index (χ1n) is 11.3. The number of hydrogen-bond acceptors (Lipinski definition) is 1. The Bertz CT molecular complexity index is 1410. The first-order chi connectivity index (χ1) is 15.2. The molecule has 1 aliphatic carbocycles. The molecule has 0 radical (unpaired) electrons. The van der Waals surface area contributed by atoms with Crippen molar-refractivity contribution in [1.82, 2.24) is 14.3 Å². The molecule has 1 aliphatic rings. The van der Waals surface area contributed by atoms with Gasteiger partial charge >= 0.3 is 0 Å². The van der Waals surface area contributed by atoms with E-state index in [2.05, 4.69) is 83.3 Å². The highest BCUT2D eigenvalue weighted by atomic mass is 15.2. The molecule has 0 unspecified atom stereocenters. The first-order valence-corrected chi connectivity index (χ1v) is 11.3. The summed E-state index contributed by atoms with van der Waals surface area (Å²) in [4.78, 5) is 0. The first kappa shape index (κ1) is 18.4. The quantitative estimate of drug-likeness (QED) is 0.328. The lowest BCUT2D eigenvalue weighted by Gasteiger charge is -2.22. The fourth-order valence-electron chi connectivity index (χ4n) is 5.40. The lowest BCUT2D eigenvalue weighted by Crippen LogP contribution is -2.13. The van der Waals surface area contributed by atoms with Gasteiger partial charge in [-0.2, -0.15) is 5.10 Å². The second kappa shape index (κ2) is 7.12. The number of fused-ring (bicyclic) bond motifs is 4. The number of nitrogens with zero attached hydrogens (tertiary/aromatic N) is 3. The van der Waals surface area contributed by atoms with Crippen molar-refractivity contribution in [3.63, 3.8) is 0 Å². The number of hydrogen-bond donors (Lipinski definition) is 0. The fourth-order valence-corrected chi connectivity index (χ4v) is 5.40. The van der Waals surface area contributed by atoms with Crippen molar-refractivity contribution in [3.8, 4) is 11.1 Å². The zero-order valence-electron chi connectivity index (χ0n) is 18.2. The number of rotatable bonds is 3. The lowest BCUT2D eigenvalue weighted by atomic mass is 9.94. The van der Waals surface area contributed by atoms with Crippen LogP contribution in [0.2, 0.25) is 0 Å². The van der Waals surface area contributed by atoms with Gasteiger partial charge in [0.2, 0.25) is 0 Å². The third kappa shape index (κ3) is 2.91. The molecule has 0 saturated carbocycles. The molecule has 0 bridgehead atoms. The third-order valence-electron chi connectivity index (χ3n) is 7.06. The lowest BCUT2D eigenvalue weighted by molar-refractivity contribution is 0.584. The minimum atomic E-state index is 0.335. The molecule has 6 rings (SSSR count). The molecular weight excluding hydrogens is 378 g/mol. The molecule has 3 nitrogen and oxygen atoms in total. The Morgan fingerprint density at radius 2 is 1.61 bits per heavy atom. The van der Waals surface area contributed by atoms with Gasteiger partial charge in [-0.3, -0.25) is 4.68 Å². The highest BCUT2D eigenvalue weighted by Crippen LogP contribution is 2.38. The molecular formula is C28H27N3. The second-order valence-electron chi connectivity index (χ2n) is 8.86. The monoisotopic (exact) mass is 405 g/mol. The van der Waals surface area contributed by atoms with Gasteiger partial charge in [-0.25, -0.2) is 0 Å². The van der Waals surface area contributed by atoms with Crippen LogP contribution in [-0.2, 0) is 19.9 Å². The van der Waals surface area contributed by atoms with Crippen LogP contribution < -0.4 is 0 Å². The van der Waals surface area contributed by atoms with Crippen LogP contribution in [0.25, 0.3) is 32.9 Å². The summed E-state index contributed by atoms with van der Waals surface area (Å²) in [5.74, 6) is 0. The Kier molecular flexibility index (Phi) is 4.24. The third-order valence-corrected chi connectivity index (χ3v) is 7.06. The van der Waals surface area contributed by atoms with E-state index in [4.69, 9.17) is 0 Å². The van der Waals surface area contributed by atoms with E-state index in [-0.39, 0.29) is 0 Å². The maximum Gasteiger partial charge on any atom is 0.0685 e. The van der Waals surface area contributed by atoms with Crippen molar-refractivity contribution >= 4 is 21.8 Å². The van der Waals surface area contributed by atoms with Crippen molar-refractivity contribution in [2.45, 2.75) is 38.6 Å². The van der Waals surface area contributed by atoms with Crippen LogP contribution in [0.15, 0.2) is 72.9 Å². The van der Waals surface area contributed by atoms with Gasteiger partial charge in [0.25, 0.3) is 0 Å². The Labute approximate surface area is 182 Å². The minimum absolute atomic E-state index is 0.335. The molecule has 2 aromatic heterocycles. The van der Waals surface area contributed by atoms with E-state index in [1.54, 1.807) is 5.56 Å². The molecule has 3 aromatic carbocycles. The minimum Gasteiger partial charge on any atom is -0.337 e. The van der Waals surface area contributed by atoms with Crippen LogP contribution in [0, 0.1) is 0 Å². The Balaban J connectivity index is 1.54. The smallest absolute Gasteiger partial charge is 0.0685 e. The summed E-state index contributed by atoms with van der Waals surface area (Å²) in [5, 5.41) is 7.02. The number of aromatic nitrogens is 3. The summed E-state index contributed by atoms with van der Waals surface area (Å²) in [5.41, 5.74) is 9.56. The van der Waals surface area contributed by atoms with Gasteiger partial charge in [0, 0.05) is 29.0 Å². The molecule has 0 saturated heterocycles. The highest BCUT2D eigenvalue weighted by Gasteiger charge is 2.23. The van der Waals surface area contributed by atoms with Gasteiger partial charge in [0.1, 0.15) is 0 Å². The van der Waals surface area contributed by atoms with Gasteiger partial charge in [0.05, 0.1) is 17.8 Å². The van der Waals surface area contributed by atoms with Crippen molar-refractivity contribution in [2.24, 2.45) is 7.05 Å². The Hall–Kier alpha value is -3.33. The average Bonchev–Trinajstić information content (AvgIpc) is 3.36. The number of aryl methyl sites for hydroxylation is 2. The van der Waals surface area contributed by atoms with E-state index in [9.17, 15) is 0 Å². The zero-order chi connectivity index (χ0) is 20.9. The summed E-state index contributed by atoms with van der Waals surface area (Å²) in [7, 11) is 2.01. The van der Waals surface area contributed by atoms with E-state index in [1.165, 1.54) is 69.9 Å². The SMILES string of the molecule is C[C@H](c1ccccc1)n1c2c(c3cc(-c4ccc5cnn(C)c5c4)ccc31)CCCC2. The van der Waals surface area contributed by atoms with Gasteiger partial charge in [-0.15, -0.1) is 0 Å². The molecule has 0 N–H and O–H groups in total. The van der Waals surface area contributed by atoms with Crippen molar-refractivity contribution in [1.29, 1.82) is 0 Å². The van der Waals surface area contributed by atoms with Gasteiger partial charge in [-0.1, -0.05) is 48.5 Å². The van der Waals surface area contributed by atoms with Gasteiger partial charge in [0.15, 0.2) is 0 Å². The summed E-state index contributed by atoms with van der Waals surface area (Å²) in [6.45, 7) is 2.34. The molecule has 0 aliphatic heterocycles. The largest absolute Gasteiger partial charge is 0.337 e. The van der Waals surface area contributed by atoms with Crippen LogP contribution in [0.4, 0.5) is 0 Å². The van der Waals surface area contributed by atoms with Crippen LogP contribution >= 0.6 is 0 Å². The van der Waals surface area contributed by atoms with Crippen molar-refractivity contribution in [3.05, 3.63) is 89.7 Å². The standard InChI is InChI=1S/C28H27N3/c1-19(20-8-4-3-5-9-20)31-26-11-7-6-10-24(26)25-16-21(14-15-27(25)31)22-12-13-23-18-29-30(2)28(23)17-22/h3-5,8-9,12-19H,6-7,10-11H2,1-2H3/t19-/m1/s1. The van der Waals surface area contributed by atoms with Crippen molar-refractivity contribution in [2.75, 3.05) is 0 Å². The van der Waals surface area contributed by atoms with Crippen LogP contribution in [0.1, 0.15) is 42.6 Å². The predicted octanol–water partition coefficient (Wildman–Crippen LogP) is 6.68. The van der Waals surface area contributed by atoms with Crippen molar-refractivity contribution < 1.29 is 0 Å². The fraction of sp³-hybridized carbons (Fsp3) is 0.250. The summed E-state index contributed by atoms with van der Waals surface area (Å²) >= 11 is 0. The van der Waals surface area contributed by atoms with Gasteiger partial charge in [-0.05, 0) is 73.1 Å². The van der Waals surface area contributed by atoms with E-state index >= 15 is 0 Å². The van der Waals surface area contributed by atoms with Gasteiger partial charge < -0.3 is 4.57 Å². The Morgan fingerprint density at radius 1 is 0.839 bits per heavy atom. The number of benzene rings is 3.